The number of hydrogen-bond donors (Lipinski definition) is 1. The average Bonchev–Trinajstić information content (AvgIpc) is 3.41. The van der Waals surface area contributed by atoms with E-state index in [1.807, 2.05) is 31.2 Å². The van der Waals surface area contributed by atoms with Gasteiger partial charge in [0, 0.05) is 19.0 Å². The maximum atomic E-state index is 12.9. The molecule has 1 N–H and O–H groups in total. The summed E-state index contributed by atoms with van der Waals surface area (Å²) in [6.07, 6.45) is 5.06. The van der Waals surface area contributed by atoms with E-state index in [0.717, 1.165) is 12.8 Å². The van der Waals surface area contributed by atoms with Gasteiger partial charge >= 0.3 is 0 Å². The highest BCUT2D eigenvalue weighted by Crippen LogP contribution is 2.15. The molecule has 0 bridgehead atoms. The molecule has 3 rings (SSSR count). The molecular weight excluding hydrogens is 380 g/mol. The first-order chi connectivity index (χ1) is 14.5. The highest BCUT2D eigenvalue weighted by Gasteiger charge is 2.21. The van der Waals surface area contributed by atoms with Gasteiger partial charge in [-0.05, 0) is 50.5 Å². The van der Waals surface area contributed by atoms with Crippen molar-refractivity contribution in [3.63, 3.8) is 0 Å². The van der Waals surface area contributed by atoms with Crippen LogP contribution in [0.4, 0.5) is 0 Å². The van der Waals surface area contributed by atoms with E-state index >= 15 is 0 Å². The summed E-state index contributed by atoms with van der Waals surface area (Å²) < 4.78 is 10.7. The van der Waals surface area contributed by atoms with Crippen LogP contribution in [0.1, 0.15) is 47.2 Å². The molecule has 0 fully saturated rings. The number of carbonyl (C=O) groups is 2. The van der Waals surface area contributed by atoms with Gasteiger partial charge in [0.1, 0.15) is 11.5 Å². The fourth-order valence-corrected chi connectivity index (χ4v) is 3.30. The standard InChI is InChI=1S/C24H28N2O4/c1-18(10-11-20-7-4-3-5-8-20)25-23(27)12-14-26(17-21-9-6-15-30-21)24(28)22-13-16-29-19(22)2/h3-9,13,15-16,18H,10-12,14,17H2,1-2H3,(H,25,27)/t18-/m1/s1. The SMILES string of the molecule is Cc1occc1C(=O)N(CCC(=O)N[C@H](C)CCc1ccccc1)Cc1ccco1. The highest BCUT2D eigenvalue weighted by molar-refractivity contribution is 5.95. The molecule has 158 valence electrons. The Hall–Kier alpha value is -3.28. The second kappa shape index (κ2) is 10.5. The summed E-state index contributed by atoms with van der Waals surface area (Å²) in [5.74, 6) is 0.976. The van der Waals surface area contributed by atoms with Crippen molar-refractivity contribution >= 4 is 11.8 Å². The lowest BCUT2D eigenvalue weighted by Crippen LogP contribution is -2.37. The monoisotopic (exact) mass is 408 g/mol. The van der Waals surface area contributed by atoms with Gasteiger partial charge in [-0.1, -0.05) is 30.3 Å². The molecule has 0 aliphatic carbocycles. The van der Waals surface area contributed by atoms with Gasteiger partial charge in [0.2, 0.25) is 5.91 Å². The van der Waals surface area contributed by atoms with Crippen LogP contribution in [0.2, 0.25) is 0 Å². The molecule has 6 heteroatoms. The second-order valence-corrected chi connectivity index (χ2v) is 7.44. The van der Waals surface area contributed by atoms with E-state index in [2.05, 4.69) is 17.4 Å². The number of carbonyl (C=O) groups excluding carboxylic acids is 2. The summed E-state index contributed by atoms with van der Waals surface area (Å²) in [5.41, 5.74) is 1.75. The Balaban J connectivity index is 1.53. The first kappa shape index (κ1) is 21.4. The molecule has 0 saturated heterocycles. The van der Waals surface area contributed by atoms with E-state index in [4.69, 9.17) is 8.83 Å². The predicted molar refractivity (Wildman–Crippen MR) is 114 cm³/mol. The summed E-state index contributed by atoms with van der Waals surface area (Å²) in [6, 6.07) is 15.5. The summed E-state index contributed by atoms with van der Waals surface area (Å²) in [4.78, 5) is 27.0. The first-order valence-electron chi connectivity index (χ1n) is 10.2. The van der Waals surface area contributed by atoms with Crippen LogP contribution in [0.3, 0.4) is 0 Å². The number of aryl methyl sites for hydroxylation is 2. The van der Waals surface area contributed by atoms with Crippen molar-refractivity contribution in [3.05, 3.63) is 83.7 Å². The van der Waals surface area contributed by atoms with Crippen LogP contribution in [-0.4, -0.2) is 29.3 Å². The van der Waals surface area contributed by atoms with Crippen LogP contribution < -0.4 is 5.32 Å². The lowest BCUT2D eigenvalue weighted by atomic mass is 10.1. The van der Waals surface area contributed by atoms with Crippen LogP contribution >= 0.6 is 0 Å². The van der Waals surface area contributed by atoms with E-state index in [0.29, 0.717) is 30.2 Å². The van der Waals surface area contributed by atoms with Gasteiger partial charge in [0.15, 0.2) is 0 Å². The third-order valence-electron chi connectivity index (χ3n) is 5.03. The molecule has 3 aromatic rings. The molecule has 2 heterocycles. The molecular formula is C24H28N2O4. The Bertz CT molecular complexity index is 931. The molecule has 2 aromatic heterocycles. The first-order valence-corrected chi connectivity index (χ1v) is 10.2. The van der Waals surface area contributed by atoms with Crippen molar-refractivity contribution in [2.45, 2.75) is 45.7 Å². The molecule has 1 aromatic carbocycles. The third kappa shape index (κ3) is 6.11. The van der Waals surface area contributed by atoms with Crippen LogP contribution in [0.25, 0.3) is 0 Å². The van der Waals surface area contributed by atoms with Gasteiger partial charge in [-0.3, -0.25) is 9.59 Å². The third-order valence-corrected chi connectivity index (χ3v) is 5.03. The zero-order chi connectivity index (χ0) is 21.3. The van der Waals surface area contributed by atoms with E-state index in [9.17, 15) is 9.59 Å². The fourth-order valence-electron chi connectivity index (χ4n) is 3.30. The number of hydrogen-bond acceptors (Lipinski definition) is 4. The van der Waals surface area contributed by atoms with Crippen LogP contribution in [0, 0.1) is 6.92 Å². The molecule has 0 unspecified atom stereocenters. The largest absolute Gasteiger partial charge is 0.469 e. The Morgan fingerprint density at radius 1 is 1.03 bits per heavy atom. The Labute approximate surface area is 176 Å². The van der Waals surface area contributed by atoms with Gasteiger partial charge in [0.25, 0.3) is 5.91 Å². The number of furan rings is 2. The molecule has 6 nitrogen and oxygen atoms in total. The van der Waals surface area contributed by atoms with Crippen LogP contribution in [0.15, 0.2) is 69.9 Å². The van der Waals surface area contributed by atoms with Crippen LogP contribution in [0.5, 0.6) is 0 Å². The fraction of sp³-hybridized carbons (Fsp3) is 0.333. The lowest BCUT2D eigenvalue weighted by molar-refractivity contribution is -0.121. The van der Waals surface area contributed by atoms with Gasteiger partial charge in [-0.25, -0.2) is 0 Å². The van der Waals surface area contributed by atoms with Gasteiger partial charge in [-0.2, -0.15) is 0 Å². The molecule has 2 amide bonds. The maximum absolute atomic E-state index is 12.9. The normalized spacial score (nSPS) is 11.8. The van der Waals surface area contributed by atoms with Crippen molar-refractivity contribution in [2.24, 2.45) is 0 Å². The number of rotatable bonds is 10. The van der Waals surface area contributed by atoms with E-state index in [1.54, 1.807) is 30.2 Å². The van der Waals surface area contributed by atoms with Crippen LogP contribution in [-0.2, 0) is 17.8 Å². The van der Waals surface area contributed by atoms with E-state index < -0.39 is 0 Å². The Morgan fingerprint density at radius 3 is 2.50 bits per heavy atom. The molecule has 30 heavy (non-hydrogen) atoms. The Kier molecular flexibility index (Phi) is 7.49. The highest BCUT2D eigenvalue weighted by atomic mass is 16.3. The smallest absolute Gasteiger partial charge is 0.257 e. The minimum Gasteiger partial charge on any atom is -0.469 e. The second-order valence-electron chi connectivity index (χ2n) is 7.44. The minimum absolute atomic E-state index is 0.0584. The topological polar surface area (TPSA) is 75.7 Å². The zero-order valence-electron chi connectivity index (χ0n) is 17.5. The van der Waals surface area contributed by atoms with Gasteiger partial charge in [0.05, 0.1) is 24.6 Å². The number of amides is 2. The minimum atomic E-state index is -0.178. The van der Waals surface area contributed by atoms with E-state index in [-0.39, 0.29) is 24.3 Å². The zero-order valence-corrected chi connectivity index (χ0v) is 17.5. The molecule has 0 aliphatic rings. The molecule has 0 saturated carbocycles. The van der Waals surface area contributed by atoms with Gasteiger partial charge < -0.3 is 19.1 Å². The summed E-state index contributed by atoms with van der Waals surface area (Å²) in [6.45, 7) is 4.34. The van der Waals surface area contributed by atoms with Crippen molar-refractivity contribution in [1.29, 1.82) is 0 Å². The summed E-state index contributed by atoms with van der Waals surface area (Å²) >= 11 is 0. The van der Waals surface area contributed by atoms with E-state index in [1.165, 1.54) is 11.8 Å². The van der Waals surface area contributed by atoms with Crippen molar-refractivity contribution in [2.75, 3.05) is 6.54 Å². The maximum Gasteiger partial charge on any atom is 0.257 e. The Morgan fingerprint density at radius 2 is 1.83 bits per heavy atom. The quantitative estimate of drug-likeness (QED) is 0.541. The molecule has 0 spiro atoms. The molecule has 1 atom stereocenters. The van der Waals surface area contributed by atoms with Crippen molar-refractivity contribution < 1.29 is 18.4 Å². The van der Waals surface area contributed by atoms with Crippen molar-refractivity contribution in [1.82, 2.24) is 10.2 Å². The van der Waals surface area contributed by atoms with Crippen molar-refractivity contribution in [3.8, 4) is 0 Å². The summed E-state index contributed by atoms with van der Waals surface area (Å²) in [5, 5.41) is 3.03. The lowest BCUT2D eigenvalue weighted by Gasteiger charge is -2.22. The average molecular weight is 408 g/mol. The summed E-state index contributed by atoms with van der Waals surface area (Å²) in [7, 11) is 0. The number of nitrogens with zero attached hydrogens (tertiary/aromatic N) is 1. The number of benzene rings is 1. The number of nitrogens with one attached hydrogen (secondary N) is 1. The molecule has 0 radical (unpaired) electrons. The predicted octanol–water partition coefficient (Wildman–Crippen LogP) is 4.35. The van der Waals surface area contributed by atoms with Gasteiger partial charge in [-0.15, -0.1) is 0 Å². The molecule has 0 aliphatic heterocycles.